The topological polar surface area (TPSA) is 576 Å². The molecule has 468 valence electrons. The SMILES string of the molecule is CC(C)[C@H](NC(=O)[C@@H]1CCC(=O)NCCC(=O)NCCCCC(NC(=O)[C@H](CN)NC(=O)[C@H](Cc2ccc(O)cc2)NC(=O)[C@H](CC(N)=O)NC(=O)[C@H](CN)NC(=O)C(N)CSS[C@H](N)C(=O)CC(N)=O)C(=O)NC([C@@H](C)O)C(=O)N1)C(=O)O. The second kappa shape index (κ2) is 36.8. The Bertz CT molecular complexity index is 2510. The average Bonchev–Trinajstić information content (AvgIpc) is 3.42. The fourth-order valence-corrected chi connectivity index (χ4v) is 9.75. The van der Waals surface area contributed by atoms with Crippen LogP contribution in [0.4, 0.5) is 0 Å². The molecule has 12 amide bonds. The molecule has 1 heterocycles. The number of rotatable bonds is 28. The number of carbonyl (C=O) groups is 14. The zero-order chi connectivity index (χ0) is 63.4. The summed E-state index contributed by atoms with van der Waals surface area (Å²) >= 11 is 0. The maximum atomic E-state index is 14.2. The van der Waals surface area contributed by atoms with Gasteiger partial charge in [-0.3, -0.25) is 62.3 Å². The third-order valence-electron chi connectivity index (χ3n) is 12.3. The summed E-state index contributed by atoms with van der Waals surface area (Å²) in [6, 6.07) is -9.30. The van der Waals surface area contributed by atoms with Gasteiger partial charge in [-0.2, -0.15) is 0 Å². The smallest absolute Gasteiger partial charge is 0.326 e. The van der Waals surface area contributed by atoms with Crippen molar-refractivity contribution in [3.63, 3.8) is 0 Å². The molecule has 0 saturated carbocycles. The molecule has 1 aromatic rings. The highest BCUT2D eigenvalue weighted by Crippen LogP contribution is 2.25. The molecular formula is C49H78N16O17S2. The van der Waals surface area contributed by atoms with Crippen molar-refractivity contribution in [3.05, 3.63) is 29.8 Å². The van der Waals surface area contributed by atoms with Crippen LogP contribution in [-0.4, -0.2) is 196 Å². The number of aliphatic hydroxyl groups excluding tert-OH is 1. The molecule has 1 fully saturated rings. The highest BCUT2D eigenvalue weighted by atomic mass is 33.1. The number of carboxylic acids is 1. The number of phenolic OH excluding ortho intramolecular Hbond substituents is 1. The Morgan fingerprint density at radius 2 is 1.24 bits per heavy atom. The number of aliphatic hydroxyl groups is 1. The van der Waals surface area contributed by atoms with Crippen molar-refractivity contribution in [1.82, 2.24) is 53.2 Å². The summed E-state index contributed by atoms with van der Waals surface area (Å²) in [6.45, 7) is 2.87. The van der Waals surface area contributed by atoms with Crippen LogP contribution in [0.2, 0.25) is 0 Å². The van der Waals surface area contributed by atoms with Crippen LogP contribution in [0.25, 0.3) is 0 Å². The normalized spacial score (nSPS) is 19.5. The minimum Gasteiger partial charge on any atom is -0.508 e. The summed E-state index contributed by atoms with van der Waals surface area (Å²) in [5, 5.41) is 53.3. The Balaban J connectivity index is 2.43. The highest BCUT2D eigenvalue weighted by Gasteiger charge is 2.37. The van der Waals surface area contributed by atoms with E-state index in [0.29, 0.717) is 5.56 Å². The number of Topliss-reactive ketones (excluding diaryl/α,β-unsaturated/α-hetero) is 1. The number of aliphatic carboxylic acids is 1. The van der Waals surface area contributed by atoms with Crippen LogP contribution in [0.1, 0.15) is 77.7 Å². The molecule has 1 aliphatic heterocycles. The number of phenols is 1. The first-order valence-corrected chi connectivity index (χ1v) is 28.8. The van der Waals surface area contributed by atoms with Crippen molar-refractivity contribution >= 4 is 104 Å². The molecule has 2 rings (SSSR count). The minimum absolute atomic E-state index is 0.0701. The van der Waals surface area contributed by atoms with Gasteiger partial charge in [-0.25, -0.2) is 4.79 Å². The van der Waals surface area contributed by atoms with Crippen LogP contribution in [-0.2, 0) is 73.5 Å². The van der Waals surface area contributed by atoms with E-state index in [4.69, 9.17) is 34.4 Å². The first-order chi connectivity index (χ1) is 39.5. The van der Waals surface area contributed by atoms with Gasteiger partial charge in [-0.15, -0.1) is 0 Å². The lowest BCUT2D eigenvalue weighted by atomic mass is 10.0. The van der Waals surface area contributed by atoms with Gasteiger partial charge in [0.05, 0.1) is 25.0 Å². The Morgan fingerprint density at radius 1 is 0.679 bits per heavy atom. The van der Waals surface area contributed by atoms with E-state index in [1.807, 2.05) is 0 Å². The number of primary amides is 2. The zero-order valence-corrected chi connectivity index (χ0v) is 48.1. The Hall–Kier alpha value is -7.70. The van der Waals surface area contributed by atoms with Gasteiger partial charge in [0.2, 0.25) is 70.9 Å². The van der Waals surface area contributed by atoms with Crippen molar-refractivity contribution in [2.75, 3.05) is 31.9 Å². The van der Waals surface area contributed by atoms with E-state index < -0.39 is 193 Å². The summed E-state index contributed by atoms with van der Waals surface area (Å²) in [4.78, 5) is 183. The van der Waals surface area contributed by atoms with E-state index in [0.717, 1.165) is 28.5 Å². The fourth-order valence-electron chi connectivity index (χ4n) is 7.60. The van der Waals surface area contributed by atoms with Gasteiger partial charge in [0.1, 0.15) is 59.5 Å². The number of aromatic hydroxyl groups is 1. The van der Waals surface area contributed by atoms with E-state index in [9.17, 15) is 82.4 Å². The predicted octanol–water partition coefficient (Wildman–Crippen LogP) is -8.25. The third-order valence-corrected chi connectivity index (χ3v) is 14.9. The average molecular weight is 1230 g/mol. The molecule has 1 aliphatic rings. The molecule has 35 heteroatoms. The van der Waals surface area contributed by atoms with E-state index >= 15 is 0 Å². The van der Waals surface area contributed by atoms with E-state index in [1.165, 1.54) is 38.1 Å². The predicted molar refractivity (Wildman–Crippen MR) is 302 cm³/mol. The molecule has 1 aromatic carbocycles. The van der Waals surface area contributed by atoms with Gasteiger partial charge >= 0.3 is 5.97 Å². The zero-order valence-electron chi connectivity index (χ0n) is 46.5. The van der Waals surface area contributed by atoms with Gasteiger partial charge in [-0.1, -0.05) is 47.6 Å². The first kappa shape index (κ1) is 72.4. The molecular weight excluding hydrogens is 1150 g/mol. The standard InChI is InChI=1S/C49H78N16O17S2/c1-22(2)38(49(81)82)64-43(75)28-11-12-36(71)57-15-13-37(72)56-14-5-4-6-27(42(74)65-39(23(3)66)48(80)59-28)58-46(78)32(20-51)63-44(76)29(16-24-7-9-25(67)10-8-24)60-45(77)30(17-34(53)69)61-47(79)31(19-50)62-41(73)26(52)21-83-84-40(55)33(68)18-35(54)70/h7-10,22-23,26-32,38-40,66-67H,4-6,11-21,50-52,55H2,1-3H3,(H2,53,69)(H2,54,70)(H,56,72)(H,57,71)(H,58,78)(H,59,80)(H,60,77)(H,61,79)(H,62,73)(H,63,76)(H,64,75)(H,65,74)(H,81,82)/t23-,26?,27?,28+,29+,30+,31+,32+,38+,39?,40+/m1/s1. The largest absolute Gasteiger partial charge is 0.508 e. The molecule has 0 aromatic heterocycles. The molecule has 33 nitrogen and oxygen atoms in total. The summed E-state index contributed by atoms with van der Waals surface area (Å²) in [5.74, 6) is -14.8. The number of hydrogen-bond acceptors (Lipinski definition) is 22. The van der Waals surface area contributed by atoms with Crippen LogP contribution < -0.4 is 87.6 Å². The van der Waals surface area contributed by atoms with Gasteiger partial charge in [0, 0.05) is 51.2 Å². The van der Waals surface area contributed by atoms with Crippen molar-refractivity contribution in [3.8, 4) is 5.75 Å². The Morgan fingerprint density at radius 3 is 1.82 bits per heavy atom. The number of benzene rings is 1. The molecule has 0 spiro atoms. The molecule has 11 atom stereocenters. The van der Waals surface area contributed by atoms with Crippen LogP contribution in [0.15, 0.2) is 24.3 Å². The number of nitrogens with one attached hydrogen (secondary N) is 10. The van der Waals surface area contributed by atoms with E-state index in [1.54, 1.807) is 0 Å². The Labute approximate surface area is 490 Å². The van der Waals surface area contributed by atoms with Crippen LogP contribution >= 0.6 is 21.6 Å². The lowest BCUT2D eigenvalue weighted by Gasteiger charge is -2.28. The Kier molecular flexibility index (Phi) is 31.7. The maximum absolute atomic E-state index is 14.2. The fraction of sp³-hybridized carbons (Fsp3) is 0.592. The van der Waals surface area contributed by atoms with Crippen LogP contribution in [0.5, 0.6) is 5.75 Å². The molecule has 0 aliphatic carbocycles. The highest BCUT2D eigenvalue weighted by molar-refractivity contribution is 8.77. The van der Waals surface area contributed by atoms with Crippen molar-refractivity contribution in [2.45, 2.75) is 144 Å². The monoisotopic (exact) mass is 1230 g/mol. The van der Waals surface area contributed by atoms with Crippen molar-refractivity contribution < 1.29 is 82.4 Å². The lowest BCUT2D eigenvalue weighted by molar-refractivity contribution is -0.144. The molecule has 25 N–H and O–H groups in total. The summed E-state index contributed by atoms with van der Waals surface area (Å²) in [6.07, 6.45) is -4.40. The third kappa shape index (κ3) is 26.3. The van der Waals surface area contributed by atoms with E-state index in [-0.39, 0.29) is 56.7 Å². The van der Waals surface area contributed by atoms with Crippen LogP contribution in [0, 0.1) is 5.92 Å². The summed E-state index contributed by atoms with van der Waals surface area (Å²) in [5.41, 5.74) is 34.2. The van der Waals surface area contributed by atoms with Crippen molar-refractivity contribution in [1.29, 1.82) is 0 Å². The van der Waals surface area contributed by atoms with Gasteiger partial charge in [-0.05, 0) is 56.2 Å². The number of ketones is 1. The van der Waals surface area contributed by atoms with Gasteiger partial charge in [0.15, 0.2) is 5.78 Å². The lowest BCUT2D eigenvalue weighted by Crippen LogP contribution is -2.63. The summed E-state index contributed by atoms with van der Waals surface area (Å²) in [7, 11) is 1.70. The number of carboxylic acid groups (broad SMARTS) is 1. The maximum Gasteiger partial charge on any atom is 0.326 e. The molecule has 3 unspecified atom stereocenters. The minimum atomic E-state index is -1.85. The van der Waals surface area contributed by atoms with Crippen LogP contribution in [0.3, 0.4) is 0 Å². The van der Waals surface area contributed by atoms with Gasteiger partial charge < -0.3 is 103 Å². The second-order valence-electron chi connectivity index (χ2n) is 19.7. The van der Waals surface area contributed by atoms with E-state index in [2.05, 4.69) is 53.2 Å². The molecule has 0 radical (unpaired) electrons. The van der Waals surface area contributed by atoms with Crippen molar-refractivity contribution in [2.24, 2.45) is 40.3 Å². The second-order valence-corrected chi connectivity index (χ2v) is 22.2. The molecule has 0 bridgehead atoms. The summed E-state index contributed by atoms with van der Waals surface area (Å²) < 4.78 is 0. The molecule has 1 saturated heterocycles. The number of amides is 12. The quantitative estimate of drug-likeness (QED) is 0.0210. The first-order valence-electron chi connectivity index (χ1n) is 26.4. The number of hydrogen-bond donors (Lipinski definition) is 19. The molecule has 84 heavy (non-hydrogen) atoms. The number of nitrogens with two attached hydrogens (primary N) is 6. The number of carbonyl (C=O) groups excluding carboxylic acids is 13. The van der Waals surface area contributed by atoms with Gasteiger partial charge in [0.25, 0.3) is 0 Å².